The van der Waals surface area contributed by atoms with Crippen molar-refractivity contribution in [1.29, 1.82) is 0 Å². The van der Waals surface area contributed by atoms with Crippen LogP contribution in [0.5, 0.6) is 0 Å². The summed E-state index contributed by atoms with van der Waals surface area (Å²) >= 11 is 0. The number of aliphatic hydroxyl groups is 1. The molecule has 1 aliphatic rings. The minimum atomic E-state index is -0.331. The van der Waals surface area contributed by atoms with Gasteiger partial charge in [-0.15, -0.1) is 0 Å². The van der Waals surface area contributed by atoms with Crippen molar-refractivity contribution < 1.29 is 14.6 Å². The van der Waals surface area contributed by atoms with Gasteiger partial charge in [0.15, 0.2) is 0 Å². The van der Waals surface area contributed by atoms with E-state index in [0.717, 1.165) is 19.3 Å². The van der Waals surface area contributed by atoms with Gasteiger partial charge in [-0.2, -0.15) is 0 Å². The van der Waals surface area contributed by atoms with Crippen LogP contribution in [0.15, 0.2) is 0 Å². The van der Waals surface area contributed by atoms with Crippen LogP contribution in [0.3, 0.4) is 0 Å². The van der Waals surface area contributed by atoms with Crippen LogP contribution in [0.1, 0.15) is 47.0 Å². The first kappa shape index (κ1) is 13.9. The largest absolute Gasteiger partial charge is 0.390 e. The van der Waals surface area contributed by atoms with Gasteiger partial charge in [-0.3, -0.25) is 0 Å². The van der Waals surface area contributed by atoms with Crippen LogP contribution in [0, 0.1) is 5.92 Å². The molecule has 3 nitrogen and oxygen atoms in total. The predicted octanol–water partition coefficient (Wildman–Crippen LogP) is 2.37. The second kappa shape index (κ2) is 6.58. The molecule has 0 heterocycles. The molecule has 0 aromatic heterocycles. The van der Waals surface area contributed by atoms with Gasteiger partial charge in [-0.1, -0.05) is 20.8 Å². The van der Waals surface area contributed by atoms with E-state index in [4.69, 9.17) is 9.47 Å². The number of aliphatic hydroxyl groups excluding tert-OH is 1. The third-order valence-electron chi connectivity index (χ3n) is 2.94. The number of ether oxygens (including phenoxy) is 2. The molecule has 16 heavy (non-hydrogen) atoms. The number of hydrogen-bond donors (Lipinski definition) is 1. The molecule has 4 unspecified atom stereocenters. The molecule has 1 rings (SSSR count). The monoisotopic (exact) mass is 230 g/mol. The minimum Gasteiger partial charge on any atom is -0.390 e. The molecule has 0 aromatic carbocycles. The van der Waals surface area contributed by atoms with Gasteiger partial charge < -0.3 is 14.6 Å². The Hall–Kier alpha value is -0.120. The Bertz CT molecular complexity index is 194. The number of hydrogen-bond acceptors (Lipinski definition) is 3. The molecule has 1 aliphatic carbocycles. The molecular formula is C13H26O3. The molecule has 4 atom stereocenters. The Labute approximate surface area is 99.1 Å². The Balaban J connectivity index is 2.26. The lowest BCUT2D eigenvalue weighted by atomic mass is 9.87. The molecule has 1 saturated carbocycles. The summed E-state index contributed by atoms with van der Waals surface area (Å²) in [4.78, 5) is 0. The summed E-state index contributed by atoms with van der Waals surface area (Å²) in [5.74, 6) is 0.648. The van der Waals surface area contributed by atoms with Gasteiger partial charge in [-0.25, -0.2) is 0 Å². The molecule has 1 fully saturated rings. The maximum Gasteiger partial charge on any atom is 0.110 e. The summed E-state index contributed by atoms with van der Waals surface area (Å²) in [7, 11) is 0. The fourth-order valence-electron chi connectivity index (χ4n) is 2.18. The maximum absolute atomic E-state index is 9.59. The van der Waals surface area contributed by atoms with Crippen LogP contribution < -0.4 is 0 Å². The second-order valence-electron chi connectivity index (χ2n) is 5.25. The highest BCUT2D eigenvalue weighted by molar-refractivity contribution is 4.92. The highest BCUT2D eigenvalue weighted by Gasteiger charge is 2.42. The SMILES string of the molecule is CCCOC1C(O)CC1OC(C)CC(C)C. The lowest BCUT2D eigenvalue weighted by molar-refractivity contribution is -0.206. The second-order valence-corrected chi connectivity index (χ2v) is 5.25. The van der Waals surface area contributed by atoms with E-state index in [1.807, 2.05) is 0 Å². The molecule has 3 heteroatoms. The topological polar surface area (TPSA) is 38.7 Å². The van der Waals surface area contributed by atoms with E-state index in [-0.39, 0.29) is 24.4 Å². The Morgan fingerprint density at radius 3 is 2.50 bits per heavy atom. The van der Waals surface area contributed by atoms with Gasteiger partial charge in [-0.05, 0) is 25.7 Å². The molecule has 96 valence electrons. The van der Waals surface area contributed by atoms with Crippen molar-refractivity contribution in [3.63, 3.8) is 0 Å². The van der Waals surface area contributed by atoms with Crippen molar-refractivity contribution in [3.05, 3.63) is 0 Å². The molecule has 0 radical (unpaired) electrons. The normalized spacial score (nSPS) is 31.5. The molecular weight excluding hydrogens is 204 g/mol. The molecule has 0 bridgehead atoms. The smallest absolute Gasteiger partial charge is 0.110 e. The first-order valence-electron chi connectivity index (χ1n) is 6.49. The van der Waals surface area contributed by atoms with Gasteiger partial charge in [0.25, 0.3) is 0 Å². The van der Waals surface area contributed by atoms with Gasteiger partial charge in [0.2, 0.25) is 0 Å². The van der Waals surface area contributed by atoms with Gasteiger partial charge in [0.1, 0.15) is 6.10 Å². The van der Waals surface area contributed by atoms with Crippen LogP contribution in [-0.4, -0.2) is 36.1 Å². The third kappa shape index (κ3) is 4.04. The molecule has 0 spiro atoms. The van der Waals surface area contributed by atoms with E-state index in [1.54, 1.807) is 0 Å². The third-order valence-corrected chi connectivity index (χ3v) is 2.94. The fourth-order valence-corrected chi connectivity index (χ4v) is 2.18. The molecule has 1 N–H and O–H groups in total. The fraction of sp³-hybridized carbons (Fsp3) is 1.00. The Kier molecular flexibility index (Phi) is 5.73. The standard InChI is InChI=1S/C13H26O3/c1-5-6-15-13-11(14)8-12(13)16-10(4)7-9(2)3/h9-14H,5-8H2,1-4H3. The Morgan fingerprint density at radius 2 is 2.00 bits per heavy atom. The van der Waals surface area contributed by atoms with E-state index in [1.165, 1.54) is 0 Å². The van der Waals surface area contributed by atoms with E-state index in [9.17, 15) is 5.11 Å². The predicted molar refractivity (Wildman–Crippen MR) is 64.4 cm³/mol. The average Bonchev–Trinajstić information content (AvgIpc) is 2.16. The van der Waals surface area contributed by atoms with Crippen LogP contribution in [0.4, 0.5) is 0 Å². The van der Waals surface area contributed by atoms with Crippen LogP contribution >= 0.6 is 0 Å². The summed E-state index contributed by atoms with van der Waals surface area (Å²) in [6.45, 7) is 9.27. The zero-order chi connectivity index (χ0) is 12.1. The average molecular weight is 230 g/mol. The quantitative estimate of drug-likeness (QED) is 0.729. The lowest BCUT2D eigenvalue weighted by Crippen LogP contribution is -2.54. The lowest BCUT2D eigenvalue weighted by Gasteiger charge is -2.42. The molecule has 0 aliphatic heterocycles. The molecule has 0 saturated heterocycles. The highest BCUT2D eigenvalue weighted by Crippen LogP contribution is 2.29. The first-order valence-corrected chi connectivity index (χ1v) is 6.49. The van der Waals surface area contributed by atoms with E-state index in [2.05, 4.69) is 27.7 Å². The van der Waals surface area contributed by atoms with Crippen molar-refractivity contribution in [2.24, 2.45) is 5.92 Å². The van der Waals surface area contributed by atoms with Gasteiger partial charge in [0.05, 0.1) is 18.3 Å². The van der Waals surface area contributed by atoms with Crippen molar-refractivity contribution in [2.75, 3.05) is 6.61 Å². The summed E-state index contributed by atoms with van der Waals surface area (Å²) in [6, 6.07) is 0. The zero-order valence-electron chi connectivity index (χ0n) is 11.0. The zero-order valence-corrected chi connectivity index (χ0v) is 11.0. The summed E-state index contributed by atoms with van der Waals surface area (Å²) in [6.07, 6.45) is 2.68. The van der Waals surface area contributed by atoms with Gasteiger partial charge in [0, 0.05) is 13.0 Å². The first-order chi connectivity index (χ1) is 7.54. The summed E-state index contributed by atoms with van der Waals surface area (Å²) in [5.41, 5.74) is 0. The maximum atomic E-state index is 9.59. The van der Waals surface area contributed by atoms with E-state index in [0.29, 0.717) is 12.5 Å². The van der Waals surface area contributed by atoms with E-state index >= 15 is 0 Å². The molecule has 0 aromatic rings. The van der Waals surface area contributed by atoms with Crippen molar-refractivity contribution in [3.8, 4) is 0 Å². The minimum absolute atomic E-state index is 0.0929. The van der Waals surface area contributed by atoms with Crippen LogP contribution in [0.2, 0.25) is 0 Å². The van der Waals surface area contributed by atoms with Gasteiger partial charge >= 0.3 is 0 Å². The van der Waals surface area contributed by atoms with Crippen LogP contribution in [-0.2, 0) is 9.47 Å². The van der Waals surface area contributed by atoms with Crippen LogP contribution in [0.25, 0.3) is 0 Å². The number of rotatable bonds is 7. The van der Waals surface area contributed by atoms with E-state index < -0.39 is 0 Å². The molecule has 0 amide bonds. The van der Waals surface area contributed by atoms with Crippen molar-refractivity contribution in [2.45, 2.75) is 71.4 Å². The van der Waals surface area contributed by atoms with Crippen molar-refractivity contribution >= 4 is 0 Å². The summed E-state index contributed by atoms with van der Waals surface area (Å²) in [5, 5.41) is 9.59. The van der Waals surface area contributed by atoms with Crippen molar-refractivity contribution in [1.82, 2.24) is 0 Å². The summed E-state index contributed by atoms with van der Waals surface area (Å²) < 4.78 is 11.5. The Morgan fingerprint density at radius 1 is 1.31 bits per heavy atom. The highest BCUT2D eigenvalue weighted by atomic mass is 16.6.